The number of benzene rings is 2. The highest BCUT2D eigenvalue weighted by Gasteiger charge is 2.52. The number of aryl methyl sites for hydroxylation is 1. The van der Waals surface area contributed by atoms with E-state index in [0.717, 1.165) is 16.7 Å². The summed E-state index contributed by atoms with van der Waals surface area (Å²) >= 11 is 0. The number of carbonyl (C=O) groups is 1. The zero-order chi connectivity index (χ0) is 26.2. The van der Waals surface area contributed by atoms with Gasteiger partial charge in [0.2, 0.25) is 0 Å². The highest BCUT2D eigenvalue weighted by atomic mass is 16.7. The molecule has 7 heteroatoms. The normalized spacial score (nSPS) is 17.9. The third kappa shape index (κ3) is 4.94. The summed E-state index contributed by atoms with van der Waals surface area (Å²) in [5.41, 5.74) is 6.36. The molecule has 0 saturated carbocycles. The molecule has 0 bridgehead atoms. The van der Waals surface area contributed by atoms with E-state index in [1.807, 2.05) is 77.1 Å². The number of amides is 1. The lowest BCUT2D eigenvalue weighted by atomic mass is 9.77. The SMILES string of the molecule is Cc1cccnc1C=C(CNC(=O)OCC1c2ccccc2-c2ccccc21)B1OC(C)(C)C(C)(C)O1. The van der Waals surface area contributed by atoms with Crippen molar-refractivity contribution in [3.8, 4) is 11.1 Å². The zero-order valence-corrected chi connectivity index (χ0v) is 22.1. The molecule has 0 atom stereocenters. The third-order valence-corrected chi connectivity index (χ3v) is 7.71. The van der Waals surface area contributed by atoms with Crippen LogP contribution in [0.4, 0.5) is 4.79 Å². The molecule has 1 amide bonds. The Bertz CT molecular complexity index is 1290. The Morgan fingerprint density at radius 2 is 1.57 bits per heavy atom. The zero-order valence-electron chi connectivity index (χ0n) is 22.1. The quantitative estimate of drug-likeness (QED) is 0.428. The molecule has 2 heterocycles. The second-order valence-corrected chi connectivity index (χ2v) is 10.7. The molecule has 1 saturated heterocycles. The maximum atomic E-state index is 12.9. The van der Waals surface area contributed by atoms with E-state index in [0.29, 0.717) is 0 Å². The first kappa shape index (κ1) is 25.2. The standard InChI is InChI=1S/C30H33BN2O4/c1-20-11-10-16-32-27(20)17-21(31-36-29(2,3)30(4,5)37-31)18-33-28(34)35-19-26-24-14-8-6-12-22(24)23-13-7-9-15-25(23)26/h6-17,26H,18-19H2,1-5H3,(H,33,34). The number of nitrogens with zero attached hydrogens (tertiary/aromatic N) is 1. The van der Waals surface area contributed by atoms with Gasteiger partial charge >= 0.3 is 13.2 Å². The molecular formula is C30H33BN2O4. The van der Waals surface area contributed by atoms with E-state index in [9.17, 15) is 4.79 Å². The van der Waals surface area contributed by atoms with Crippen molar-refractivity contribution < 1.29 is 18.8 Å². The number of nitrogens with one attached hydrogen (secondary N) is 1. The molecule has 1 fully saturated rings. The van der Waals surface area contributed by atoms with Gasteiger partial charge in [0.05, 0.1) is 16.9 Å². The number of carbonyl (C=O) groups excluding carboxylic acids is 1. The molecular weight excluding hydrogens is 463 g/mol. The lowest BCUT2D eigenvalue weighted by Gasteiger charge is -2.32. The molecule has 2 aliphatic rings. The molecule has 37 heavy (non-hydrogen) atoms. The van der Waals surface area contributed by atoms with Crippen LogP contribution in [0, 0.1) is 6.92 Å². The molecule has 0 radical (unpaired) electrons. The van der Waals surface area contributed by atoms with Crippen LogP contribution in [0.3, 0.4) is 0 Å². The minimum Gasteiger partial charge on any atom is -0.449 e. The molecule has 3 aromatic rings. The molecule has 190 valence electrons. The number of aromatic nitrogens is 1. The fourth-order valence-electron chi connectivity index (χ4n) is 4.85. The molecule has 6 nitrogen and oxygen atoms in total. The van der Waals surface area contributed by atoms with Gasteiger partial charge in [-0.1, -0.05) is 54.6 Å². The fraction of sp³-hybridized carbons (Fsp3) is 0.333. The first-order valence-electron chi connectivity index (χ1n) is 12.7. The topological polar surface area (TPSA) is 69.7 Å². The molecule has 0 spiro atoms. The number of hydrogen-bond acceptors (Lipinski definition) is 5. The van der Waals surface area contributed by atoms with Crippen LogP contribution in [-0.4, -0.2) is 42.5 Å². The van der Waals surface area contributed by atoms with Gasteiger partial charge in [-0.2, -0.15) is 0 Å². The van der Waals surface area contributed by atoms with Crippen LogP contribution in [-0.2, 0) is 14.0 Å². The van der Waals surface area contributed by atoms with Crippen LogP contribution in [0.5, 0.6) is 0 Å². The van der Waals surface area contributed by atoms with Gasteiger partial charge in [-0.25, -0.2) is 4.79 Å². The monoisotopic (exact) mass is 496 g/mol. The number of pyridine rings is 1. The third-order valence-electron chi connectivity index (χ3n) is 7.71. The van der Waals surface area contributed by atoms with Crippen molar-refractivity contribution in [1.29, 1.82) is 0 Å². The van der Waals surface area contributed by atoms with Crippen molar-refractivity contribution in [3.05, 3.63) is 94.7 Å². The average Bonchev–Trinajstić information content (AvgIpc) is 3.30. The first-order valence-corrected chi connectivity index (χ1v) is 12.7. The fourth-order valence-corrected chi connectivity index (χ4v) is 4.85. The van der Waals surface area contributed by atoms with Crippen molar-refractivity contribution in [2.45, 2.75) is 51.7 Å². The van der Waals surface area contributed by atoms with Gasteiger partial charge in [-0.3, -0.25) is 4.98 Å². The Morgan fingerprint density at radius 1 is 0.973 bits per heavy atom. The van der Waals surface area contributed by atoms with Crippen LogP contribution in [0.15, 0.2) is 72.3 Å². The van der Waals surface area contributed by atoms with E-state index in [-0.39, 0.29) is 19.1 Å². The van der Waals surface area contributed by atoms with E-state index in [2.05, 4.69) is 34.6 Å². The van der Waals surface area contributed by atoms with Crippen LogP contribution in [0.1, 0.15) is 56.0 Å². The Labute approximate surface area is 219 Å². The predicted octanol–water partition coefficient (Wildman–Crippen LogP) is 5.94. The number of rotatable bonds is 6. The van der Waals surface area contributed by atoms with Crippen LogP contribution >= 0.6 is 0 Å². The Morgan fingerprint density at radius 3 is 2.16 bits per heavy atom. The van der Waals surface area contributed by atoms with Crippen LogP contribution < -0.4 is 5.32 Å². The lowest BCUT2D eigenvalue weighted by Crippen LogP contribution is -2.41. The van der Waals surface area contributed by atoms with Gasteiger partial charge in [0.25, 0.3) is 0 Å². The minimum atomic E-state index is -0.611. The highest BCUT2D eigenvalue weighted by Crippen LogP contribution is 2.44. The van der Waals surface area contributed by atoms with Gasteiger partial charge in [-0.05, 0) is 80.1 Å². The van der Waals surface area contributed by atoms with Gasteiger partial charge < -0.3 is 19.4 Å². The predicted molar refractivity (Wildman–Crippen MR) is 146 cm³/mol. The molecule has 1 aliphatic carbocycles. The average molecular weight is 496 g/mol. The molecule has 1 aromatic heterocycles. The van der Waals surface area contributed by atoms with Crippen molar-refractivity contribution in [2.75, 3.05) is 13.2 Å². The summed E-state index contributed by atoms with van der Waals surface area (Å²) in [7, 11) is -0.611. The largest absolute Gasteiger partial charge is 0.492 e. The van der Waals surface area contributed by atoms with E-state index in [1.54, 1.807) is 6.20 Å². The number of fused-ring (bicyclic) bond motifs is 3. The van der Waals surface area contributed by atoms with E-state index in [1.165, 1.54) is 22.3 Å². The summed E-state index contributed by atoms with van der Waals surface area (Å²) in [6.07, 6.45) is 3.20. The number of alkyl carbamates (subject to hydrolysis) is 1. The van der Waals surface area contributed by atoms with E-state index in [4.69, 9.17) is 14.0 Å². The minimum absolute atomic E-state index is 0.00688. The summed E-state index contributed by atoms with van der Waals surface area (Å²) in [5, 5.41) is 2.91. The van der Waals surface area contributed by atoms with Crippen molar-refractivity contribution in [2.24, 2.45) is 0 Å². The molecule has 5 rings (SSSR count). The van der Waals surface area contributed by atoms with E-state index < -0.39 is 24.4 Å². The van der Waals surface area contributed by atoms with Gasteiger partial charge in [0.15, 0.2) is 0 Å². The second-order valence-electron chi connectivity index (χ2n) is 10.7. The van der Waals surface area contributed by atoms with Gasteiger partial charge in [0, 0.05) is 18.7 Å². The molecule has 0 unspecified atom stereocenters. The van der Waals surface area contributed by atoms with Crippen molar-refractivity contribution in [3.63, 3.8) is 0 Å². The smallest absolute Gasteiger partial charge is 0.449 e. The van der Waals surface area contributed by atoms with Crippen molar-refractivity contribution in [1.82, 2.24) is 10.3 Å². The summed E-state index contributed by atoms with van der Waals surface area (Å²) in [6, 6.07) is 20.5. The molecule has 1 aliphatic heterocycles. The van der Waals surface area contributed by atoms with Gasteiger partial charge in [0.1, 0.15) is 6.61 Å². The summed E-state index contributed by atoms with van der Waals surface area (Å²) in [4.78, 5) is 17.3. The summed E-state index contributed by atoms with van der Waals surface area (Å²) in [6.45, 7) is 10.5. The van der Waals surface area contributed by atoms with Crippen molar-refractivity contribution >= 4 is 19.3 Å². The van der Waals surface area contributed by atoms with Gasteiger partial charge in [-0.15, -0.1) is 0 Å². The first-order chi connectivity index (χ1) is 17.7. The summed E-state index contributed by atoms with van der Waals surface area (Å²) in [5.74, 6) is 0.00688. The van der Waals surface area contributed by atoms with Crippen LogP contribution in [0.2, 0.25) is 0 Å². The Balaban J connectivity index is 1.30. The van der Waals surface area contributed by atoms with E-state index >= 15 is 0 Å². The molecule has 2 aromatic carbocycles. The number of hydrogen-bond donors (Lipinski definition) is 1. The second kappa shape index (κ2) is 9.80. The summed E-state index contributed by atoms with van der Waals surface area (Å²) < 4.78 is 18.3. The van der Waals surface area contributed by atoms with Crippen LogP contribution in [0.25, 0.3) is 17.2 Å². The molecule has 1 N–H and O–H groups in total. The Hall–Kier alpha value is -3.42. The number of ether oxygens (including phenoxy) is 1. The maximum Gasteiger partial charge on any atom is 0.492 e. The highest BCUT2D eigenvalue weighted by molar-refractivity contribution is 6.56. The lowest BCUT2D eigenvalue weighted by molar-refractivity contribution is 0.00578. The maximum absolute atomic E-state index is 12.9. The Kier molecular flexibility index (Phi) is 6.69.